The van der Waals surface area contributed by atoms with Crippen LogP contribution in [0.3, 0.4) is 0 Å². The van der Waals surface area contributed by atoms with E-state index < -0.39 is 6.10 Å². The van der Waals surface area contributed by atoms with E-state index in [1.54, 1.807) is 6.08 Å². The normalized spacial score (nSPS) is 12.8. The van der Waals surface area contributed by atoms with Crippen LogP contribution in [-0.2, 0) is 16.1 Å². The number of hydrogen-bond acceptors (Lipinski definition) is 3. The molecule has 0 bridgehead atoms. The summed E-state index contributed by atoms with van der Waals surface area (Å²) < 4.78 is 5.44. The van der Waals surface area contributed by atoms with Crippen LogP contribution >= 0.6 is 0 Å². The van der Waals surface area contributed by atoms with Crippen molar-refractivity contribution in [2.75, 3.05) is 6.61 Å². The molecular weight excluding hydrogens is 216 g/mol. The van der Waals surface area contributed by atoms with Gasteiger partial charge in [-0.15, -0.1) is 0 Å². The molecule has 1 rings (SSSR count). The molecule has 3 heteroatoms. The van der Waals surface area contributed by atoms with Crippen molar-refractivity contribution in [3.8, 4) is 0 Å². The van der Waals surface area contributed by atoms with E-state index in [-0.39, 0.29) is 0 Å². The van der Waals surface area contributed by atoms with Gasteiger partial charge in [-0.05, 0) is 24.5 Å². The molecule has 0 amide bonds. The highest BCUT2D eigenvalue weighted by atomic mass is 16.5. The molecule has 0 spiro atoms. The average Bonchev–Trinajstić information content (AvgIpc) is 2.36. The Morgan fingerprint density at radius 3 is 2.76 bits per heavy atom. The first kappa shape index (κ1) is 13.6. The van der Waals surface area contributed by atoms with Crippen LogP contribution in [0.2, 0.25) is 0 Å². The summed E-state index contributed by atoms with van der Waals surface area (Å²) in [6.07, 6.45) is 4.40. The molecule has 0 aromatic heterocycles. The van der Waals surface area contributed by atoms with Gasteiger partial charge >= 0.3 is 0 Å². The number of aliphatic hydroxyl groups is 1. The molecule has 0 aliphatic heterocycles. The van der Waals surface area contributed by atoms with Crippen LogP contribution in [0.25, 0.3) is 0 Å². The van der Waals surface area contributed by atoms with Crippen molar-refractivity contribution in [2.45, 2.75) is 25.6 Å². The molecule has 1 aromatic carbocycles. The number of allylic oxidation sites excluding steroid dienone is 1. The third kappa shape index (κ3) is 6.66. The number of carbonyl (C=O) groups is 1. The highest BCUT2D eigenvalue weighted by Gasteiger charge is 2.01. The van der Waals surface area contributed by atoms with E-state index in [4.69, 9.17) is 4.74 Å². The lowest BCUT2D eigenvalue weighted by Crippen LogP contribution is -2.09. The fraction of sp³-hybridized carbons (Fsp3) is 0.357. The van der Waals surface area contributed by atoms with Gasteiger partial charge in [0.2, 0.25) is 0 Å². The topological polar surface area (TPSA) is 46.5 Å². The van der Waals surface area contributed by atoms with Gasteiger partial charge < -0.3 is 9.84 Å². The number of aldehydes is 1. The molecule has 0 aliphatic carbocycles. The molecule has 0 saturated heterocycles. The van der Waals surface area contributed by atoms with Crippen molar-refractivity contribution in [1.29, 1.82) is 0 Å². The molecule has 0 heterocycles. The van der Waals surface area contributed by atoms with Crippen LogP contribution < -0.4 is 0 Å². The maximum atomic E-state index is 10.0. The Kier molecular flexibility index (Phi) is 6.95. The van der Waals surface area contributed by atoms with E-state index in [1.165, 1.54) is 6.08 Å². The summed E-state index contributed by atoms with van der Waals surface area (Å²) in [5.41, 5.74) is 1.13. The zero-order chi connectivity index (χ0) is 12.3. The fourth-order valence-electron chi connectivity index (χ4n) is 1.39. The second-order valence-corrected chi connectivity index (χ2v) is 3.78. The lowest BCUT2D eigenvalue weighted by atomic mass is 10.2. The van der Waals surface area contributed by atoms with Crippen molar-refractivity contribution in [1.82, 2.24) is 0 Å². The Morgan fingerprint density at radius 2 is 2.06 bits per heavy atom. The minimum absolute atomic E-state index is 0.443. The smallest absolute Gasteiger partial charge is 0.142 e. The van der Waals surface area contributed by atoms with Crippen LogP contribution in [0.1, 0.15) is 18.4 Å². The molecule has 92 valence electrons. The van der Waals surface area contributed by atoms with Gasteiger partial charge in [-0.3, -0.25) is 4.79 Å². The first-order chi connectivity index (χ1) is 8.33. The minimum atomic E-state index is -0.443. The van der Waals surface area contributed by atoms with Crippen molar-refractivity contribution in [3.05, 3.63) is 48.0 Å². The van der Waals surface area contributed by atoms with Gasteiger partial charge in [-0.2, -0.15) is 0 Å². The molecule has 1 N–H and O–H groups in total. The van der Waals surface area contributed by atoms with E-state index in [0.717, 1.165) is 5.56 Å². The lowest BCUT2D eigenvalue weighted by molar-refractivity contribution is -0.104. The zero-order valence-electron chi connectivity index (χ0n) is 9.79. The summed E-state index contributed by atoms with van der Waals surface area (Å²) in [5.74, 6) is 0. The minimum Gasteiger partial charge on any atom is -0.393 e. The first-order valence-corrected chi connectivity index (χ1v) is 5.73. The highest BCUT2D eigenvalue weighted by molar-refractivity contribution is 5.64. The Labute approximate surface area is 102 Å². The van der Waals surface area contributed by atoms with Crippen LogP contribution in [0.15, 0.2) is 42.5 Å². The molecule has 1 aromatic rings. The molecule has 17 heavy (non-hydrogen) atoms. The molecule has 0 unspecified atom stereocenters. The molecule has 3 nitrogen and oxygen atoms in total. The number of rotatable bonds is 8. The number of ether oxygens (including phenoxy) is 1. The Balaban J connectivity index is 2.08. The largest absolute Gasteiger partial charge is 0.393 e. The summed E-state index contributed by atoms with van der Waals surface area (Å²) in [7, 11) is 0. The molecular formula is C14H18O3. The zero-order valence-corrected chi connectivity index (χ0v) is 9.79. The van der Waals surface area contributed by atoms with Crippen molar-refractivity contribution < 1.29 is 14.6 Å². The molecule has 0 aliphatic rings. The standard InChI is InChI=1S/C14H18O3/c15-10-5-4-8-14(16)9-11-17-12-13-6-2-1-3-7-13/h1-7,10,14,16H,8-9,11-12H2/b5-4+/t14-/m0/s1. The Bertz CT molecular complexity index is 333. The predicted octanol–water partition coefficient (Wildman–Crippen LogP) is 2.10. The Morgan fingerprint density at radius 1 is 1.29 bits per heavy atom. The van der Waals surface area contributed by atoms with E-state index in [2.05, 4.69) is 0 Å². The van der Waals surface area contributed by atoms with Gasteiger partial charge in [0.25, 0.3) is 0 Å². The van der Waals surface area contributed by atoms with Crippen LogP contribution in [-0.4, -0.2) is 24.1 Å². The first-order valence-electron chi connectivity index (χ1n) is 5.73. The predicted molar refractivity (Wildman–Crippen MR) is 66.5 cm³/mol. The summed E-state index contributed by atoms with van der Waals surface area (Å²) >= 11 is 0. The summed E-state index contributed by atoms with van der Waals surface area (Å²) in [6.45, 7) is 1.09. The van der Waals surface area contributed by atoms with Crippen LogP contribution in [0, 0.1) is 0 Å². The van der Waals surface area contributed by atoms with Gasteiger partial charge in [0.15, 0.2) is 0 Å². The van der Waals surface area contributed by atoms with E-state index in [9.17, 15) is 9.90 Å². The van der Waals surface area contributed by atoms with Crippen LogP contribution in [0.5, 0.6) is 0 Å². The van der Waals surface area contributed by atoms with Gasteiger partial charge in [-0.1, -0.05) is 36.4 Å². The number of carbonyl (C=O) groups excluding carboxylic acids is 1. The molecule has 0 fully saturated rings. The summed E-state index contributed by atoms with van der Waals surface area (Å²) in [5, 5.41) is 9.53. The summed E-state index contributed by atoms with van der Waals surface area (Å²) in [4.78, 5) is 10.0. The maximum Gasteiger partial charge on any atom is 0.142 e. The average molecular weight is 234 g/mol. The van der Waals surface area contributed by atoms with Gasteiger partial charge in [0.05, 0.1) is 12.7 Å². The SMILES string of the molecule is O=C/C=C/C[C@H](O)CCOCc1ccccc1. The van der Waals surface area contributed by atoms with Crippen molar-refractivity contribution in [2.24, 2.45) is 0 Å². The summed E-state index contributed by atoms with van der Waals surface area (Å²) in [6, 6.07) is 9.91. The second-order valence-electron chi connectivity index (χ2n) is 3.78. The highest BCUT2D eigenvalue weighted by Crippen LogP contribution is 2.03. The van der Waals surface area contributed by atoms with Gasteiger partial charge in [0.1, 0.15) is 6.29 Å². The fourth-order valence-corrected chi connectivity index (χ4v) is 1.39. The third-order valence-electron chi connectivity index (χ3n) is 2.33. The van der Waals surface area contributed by atoms with Gasteiger partial charge in [0, 0.05) is 6.61 Å². The van der Waals surface area contributed by atoms with Gasteiger partial charge in [-0.25, -0.2) is 0 Å². The maximum absolute atomic E-state index is 10.0. The number of aliphatic hydroxyl groups excluding tert-OH is 1. The monoisotopic (exact) mass is 234 g/mol. The molecule has 0 saturated carbocycles. The van der Waals surface area contributed by atoms with E-state index >= 15 is 0 Å². The van der Waals surface area contributed by atoms with Crippen molar-refractivity contribution in [3.63, 3.8) is 0 Å². The van der Waals surface area contributed by atoms with Crippen LogP contribution in [0.4, 0.5) is 0 Å². The number of hydrogen-bond donors (Lipinski definition) is 1. The van der Waals surface area contributed by atoms with E-state index in [1.807, 2.05) is 30.3 Å². The third-order valence-corrected chi connectivity index (χ3v) is 2.33. The molecule has 0 radical (unpaired) electrons. The van der Waals surface area contributed by atoms with Crippen molar-refractivity contribution >= 4 is 6.29 Å². The lowest BCUT2D eigenvalue weighted by Gasteiger charge is -2.08. The Hall–Kier alpha value is -1.45. The van der Waals surface area contributed by atoms with E-state index in [0.29, 0.717) is 32.3 Å². The number of benzene rings is 1. The molecule has 1 atom stereocenters. The quantitative estimate of drug-likeness (QED) is 0.425. The second kappa shape index (κ2) is 8.67.